The Kier molecular flexibility index (Phi) is 5.30. The molecule has 0 aliphatic carbocycles. The van der Waals surface area contributed by atoms with Crippen LogP contribution < -0.4 is 18.9 Å². The fourth-order valence-electron chi connectivity index (χ4n) is 2.66. The van der Waals surface area contributed by atoms with Crippen molar-refractivity contribution in [3.05, 3.63) is 53.2 Å². The Morgan fingerprint density at radius 1 is 0.889 bits per heavy atom. The summed E-state index contributed by atoms with van der Waals surface area (Å²) in [5, 5.41) is 0. The van der Waals surface area contributed by atoms with Crippen molar-refractivity contribution in [2.75, 3.05) is 28.4 Å². The zero-order valence-electron chi connectivity index (χ0n) is 15.4. The summed E-state index contributed by atoms with van der Waals surface area (Å²) in [5.41, 5.74) is 1.28. The number of nitrogens with zero attached hydrogens (tertiary/aromatic N) is 1. The van der Waals surface area contributed by atoms with E-state index >= 15 is 0 Å². The third-order valence-electron chi connectivity index (χ3n) is 4.00. The molecule has 27 heavy (non-hydrogen) atoms. The minimum Gasteiger partial charge on any atom is -0.497 e. The maximum atomic E-state index is 12.3. The molecule has 140 valence electrons. The van der Waals surface area contributed by atoms with Crippen LogP contribution in [-0.2, 0) is 9.53 Å². The van der Waals surface area contributed by atoms with Gasteiger partial charge in [-0.2, -0.15) is 0 Å². The zero-order valence-corrected chi connectivity index (χ0v) is 15.4. The van der Waals surface area contributed by atoms with Crippen molar-refractivity contribution >= 4 is 17.9 Å². The molecular weight excluding hydrogens is 350 g/mol. The van der Waals surface area contributed by atoms with Gasteiger partial charge in [-0.25, -0.2) is 9.79 Å². The van der Waals surface area contributed by atoms with Gasteiger partial charge in [0.2, 0.25) is 5.90 Å². The Hall–Kier alpha value is -3.48. The van der Waals surface area contributed by atoms with Crippen LogP contribution in [0.4, 0.5) is 0 Å². The predicted molar refractivity (Wildman–Crippen MR) is 99.7 cm³/mol. The molecule has 7 heteroatoms. The van der Waals surface area contributed by atoms with Gasteiger partial charge < -0.3 is 23.7 Å². The Morgan fingerprint density at radius 3 is 2.15 bits per heavy atom. The van der Waals surface area contributed by atoms with Crippen molar-refractivity contribution in [1.82, 2.24) is 0 Å². The van der Waals surface area contributed by atoms with Crippen LogP contribution in [-0.4, -0.2) is 40.3 Å². The van der Waals surface area contributed by atoms with E-state index in [0.717, 1.165) is 0 Å². The van der Waals surface area contributed by atoms with Gasteiger partial charge in [0.25, 0.3) is 0 Å². The quantitative estimate of drug-likeness (QED) is 0.575. The second-order valence-corrected chi connectivity index (χ2v) is 5.48. The largest absolute Gasteiger partial charge is 0.497 e. The molecule has 0 saturated heterocycles. The van der Waals surface area contributed by atoms with Crippen molar-refractivity contribution < 1.29 is 28.5 Å². The number of carbonyl (C=O) groups excluding carboxylic acids is 1. The lowest BCUT2D eigenvalue weighted by Crippen LogP contribution is -2.09. The normalized spacial score (nSPS) is 14.6. The molecule has 0 amide bonds. The molecule has 0 atom stereocenters. The van der Waals surface area contributed by atoms with E-state index in [2.05, 4.69) is 4.99 Å². The summed E-state index contributed by atoms with van der Waals surface area (Å²) in [7, 11) is 6.15. The highest BCUT2D eigenvalue weighted by Gasteiger charge is 2.29. The highest BCUT2D eigenvalue weighted by molar-refractivity contribution is 6.15. The molecule has 0 unspecified atom stereocenters. The number of carbonyl (C=O) groups is 1. The van der Waals surface area contributed by atoms with Crippen molar-refractivity contribution in [2.24, 2.45) is 4.99 Å². The highest BCUT2D eigenvalue weighted by atomic mass is 16.6. The van der Waals surface area contributed by atoms with Crippen LogP contribution in [0.25, 0.3) is 6.08 Å². The number of ether oxygens (including phenoxy) is 5. The molecule has 3 rings (SSSR count). The maximum absolute atomic E-state index is 12.3. The second-order valence-electron chi connectivity index (χ2n) is 5.48. The van der Waals surface area contributed by atoms with E-state index in [1.807, 2.05) is 0 Å². The molecule has 1 aliphatic rings. The number of methoxy groups -OCH3 is 4. The monoisotopic (exact) mass is 369 g/mol. The molecule has 1 heterocycles. The Morgan fingerprint density at radius 2 is 1.56 bits per heavy atom. The lowest BCUT2D eigenvalue weighted by Gasteiger charge is -2.11. The fraction of sp³-hybridized carbons (Fsp3) is 0.200. The SMILES string of the molecule is COc1ccc(/C=C2/N=C(c3c(OC)cccc3OC)OC2=O)c(OC)c1. The molecule has 0 spiro atoms. The van der Waals surface area contributed by atoms with Gasteiger partial charge in [-0.1, -0.05) is 6.07 Å². The van der Waals surface area contributed by atoms with E-state index in [9.17, 15) is 4.79 Å². The van der Waals surface area contributed by atoms with E-state index in [4.69, 9.17) is 23.7 Å². The minimum absolute atomic E-state index is 0.119. The van der Waals surface area contributed by atoms with E-state index in [-0.39, 0.29) is 11.6 Å². The van der Waals surface area contributed by atoms with Gasteiger partial charge >= 0.3 is 5.97 Å². The third-order valence-corrected chi connectivity index (χ3v) is 4.00. The molecule has 2 aromatic carbocycles. The minimum atomic E-state index is -0.573. The van der Waals surface area contributed by atoms with Crippen molar-refractivity contribution in [1.29, 1.82) is 0 Å². The summed E-state index contributed by atoms with van der Waals surface area (Å²) in [5.74, 6) is 1.72. The molecule has 1 aliphatic heterocycles. The zero-order chi connectivity index (χ0) is 19.4. The first-order valence-electron chi connectivity index (χ1n) is 8.07. The molecule has 0 N–H and O–H groups in total. The van der Waals surface area contributed by atoms with Gasteiger partial charge in [-0.05, 0) is 30.3 Å². The lowest BCUT2D eigenvalue weighted by molar-refractivity contribution is -0.129. The first-order chi connectivity index (χ1) is 13.1. The molecule has 0 saturated carbocycles. The van der Waals surface area contributed by atoms with Gasteiger partial charge in [-0.15, -0.1) is 0 Å². The fourth-order valence-corrected chi connectivity index (χ4v) is 2.66. The summed E-state index contributed by atoms with van der Waals surface area (Å²) in [6, 6.07) is 10.5. The van der Waals surface area contributed by atoms with Crippen molar-refractivity contribution in [3.8, 4) is 23.0 Å². The summed E-state index contributed by atoms with van der Waals surface area (Å²) in [4.78, 5) is 16.7. The van der Waals surface area contributed by atoms with E-state index < -0.39 is 5.97 Å². The van der Waals surface area contributed by atoms with E-state index in [1.54, 1.807) is 49.6 Å². The van der Waals surface area contributed by atoms with E-state index in [1.165, 1.54) is 21.3 Å². The Balaban J connectivity index is 2.04. The number of esters is 1. The smallest absolute Gasteiger partial charge is 0.363 e. The van der Waals surface area contributed by atoms with Crippen LogP contribution in [0, 0.1) is 0 Å². The van der Waals surface area contributed by atoms with Crippen molar-refractivity contribution in [3.63, 3.8) is 0 Å². The summed E-state index contributed by atoms with van der Waals surface area (Å²) in [6.45, 7) is 0. The molecular formula is C20H19NO6. The number of cyclic esters (lactones) is 1. The van der Waals surface area contributed by atoms with Crippen LogP contribution in [0.2, 0.25) is 0 Å². The number of aliphatic imine (C=N–C) groups is 1. The van der Waals surface area contributed by atoms with Crippen molar-refractivity contribution in [2.45, 2.75) is 0 Å². The average molecular weight is 369 g/mol. The Labute approximate surface area is 156 Å². The number of benzene rings is 2. The van der Waals surface area contributed by atoms with Gasteiger partial charge in [0.05, 0.1) is 28.4 Å². The first-order valence-corrected chi connectivity index (χ1v) is 8.07. The topological polar surface area (TPSA) is 75.6 Å². The number of rotatable bonds is 6. The third kappa shape index (κ3) is 3.57. The van der Waals surface area contributed by atoms with Gasteiger partial charge in [0.1, 0.15) is 28.6 Å². The van der Waals surface area contributed by atoms with Crippen LogP contribution in [0.3, 0.4) is 0 Å². The van der Waals surface area contributed by atoms with Crippen LogP contribution in [0.15, 0.2) is 47.1 Å². The average Bonchev–Trinajstić information content (AvgIpc) is 3.07. The summed E-state index contributed by atoms with van der Waals surface area (Å²) in [6.07, 6.45) is 1.59. The molecule has 0 fully saturated rings. The van der Waals surface area contributed by atoms with Crippen LogP contribution >= 0.6 is 0 Å². The van der Waals surface area contributed by atoms with Crippen LogP contribution in [0.1, 0.15) is 11.1 Å². The standard InChI is InChI=1S/C20H19NO6/c1-23-13-9-8-12(17(11-13)26-4)10-14-20(22)27-19(21-14)18-15(24-2)6-5-7-16(18)25-3/h5-11H,1-4H3/b14-10+. The maximum Gasteiger partial charge on any atom is 0.363 e. The molecule has 0 radical (unpaired) electrons. The predicted octanol–water partition coefficient (Wildman–Crippen LogP) is 3.07. The first kappa shape index (κ1) is 18.3. The number of hydrogen-bond acceptors (Lipinski definition) is 7. The number of hydrogen-bond donors (Lipinski definition) is 0. The molecule has 0 bridgehead atoms. The lowest BCUT2D eigenvalue weighted by atomic mass is 10.1. The van der Waals surface area contributed by atoms with E-state index in [0.29, 0.717) is 34.1 Å². The van der Waals surface area contributed by atoms with Crippen LogP contribution in [0.5, 0.6) is 23.0 Å². The second kappa shape index (κ2) is 7.82. The molecule has 7 nitrogen and oxygen atoms in total. The summed E-state index contributed by atoms with van der Waals surface area (Å²) < 4.78 is 26.6. The van der Waals surface area contributed by atoms with Gasteiger partial charge in [0.15, 0.2) is 5.70 Å². The molecule has 2 aromatic rings. The highest BCUT2D eigenvalue weighted by Crippen LogP contribution is 2.33. The molecule has 0 aromatic heterocycles. The summed E-state index contributed by atoms with van der Waals surface area (Å²) >= 11 is 0. The van der Waals surface area contributed by atoms with Gasteiger partial charge in [0, 0.05) is 11.6 Å². The Bertz CT molecular complexity index is 910. The van der Waals surface area contributed by atoms with Gasteiger partial charge in [-0.3, -0.25) is 0 Å².